The van der Waals surface area contributed by atoms with Crippen LogP contribution in [0.25, 0.3) is 11.0 Å². The highest BCUT2D eigenvalue weighted by Gasteiger charge is 2.33. The van der Waals surface area contributed by atoms with Gasteiger partial charge < -0.3 is 10.2 Å². The number of aromatic nitrogens is 3. The van der Waals surface area contributed by atoms with Gasteiger partial charge in [0.2, 0.25) is 5.91 Å². The van der Waals surface area contributed by atoms with Crippen LogP contribution in [0.3, 0.4) is 0 Å². The number of carbonyl (C=O) groups is 2. The fraction of sp³-hybridized carbons (Fsp3) is 0.440. The number of piperidine rings is 1. The molecule has 166 valence electrons. The number of aryl methyl sites for hydroxylation is 1. The second-order valence-electron chi connectivity index (χ2n) is 9.28. The van der Waals surface area contributed by atoms with Gasteiger partial charge in [0.15, 0.2) is 5.65 Å². The van der Waals surface area contributed by atoms with Crippen LogP contribution in [0.4, 0.5) is 5.69 Å². The lowest BCUT2D eigenvalue weighted by Gasteiger charge is -2.32. The molecule has 3 aromatic rings. The second-order valence-corrected chi connectivity index (χ2v) is 9.28. The Labute approximate surface area is 187 Å². The van der Waals surface area contributed by atoms with E-state index >= 15 is 0 Å². The van der Waals surface area contributed by atoms with Gasteiger partial charge in [-0.15, -0.1) is 0 Å². The highest BCUT2D eigenvalue weighted by Crippen LogP contribution is 2.40. The lowest BCUT2D eigenvalue weighted by atomic mass is 10.0. The molecule has 2 aliphatic rings. The molecule has 2 aromatic heterocycles. The van der Waals surface area contributed by atoms with Crippen molar-refractivity contribution in [2.75, 3.05) is 11.4 Å². The number of nitrogens with one attached hydrogen (secondary N) is 1. The number of pyridine rings is 1. The molecule has 2 fully saturated rings. The summed E-state index contributed by atoms with van der Waals surface area (Å²) in [6.45, 7) is 6.80. The van der Waals surface area contributed by atoms with Crippen molar-refractivity contribution < 1.29 is 9.59 Å². The summed E-state index contributed by atoms with van der Waals surface area (Å²) in [6.07, 6.45) is 5.40. The maximum atomic E-state index is 13.4. The van der Waals surface area contributed by atoms with Crippen LogP contribution in [0.5, 0.6) is 0 Å². The second kappa shape index (κ2) is 8.04. The average Bonchev–Trinajstić information content (AvgIpc) is 3.54. The lowest BCUT2D eigenvalue weighted by molar-refractivity contribution is -0.121. The van der Waals surface area contributed by atoms with Gasteiger partial charge in [0.05, 0.1) is 17.1 Å². The molecule has 7 heteroatoms. The fourth-order valence-corrected chi connectivity index (χ4v) is 4.42. The predicted octanol–water partition coefficient (Wildman–Crippen LogP) is 4.12. The summed E-state index contributed by atoms with van der Waals surface area (Å²) < 4.78 is 1.86. The molecule has 1 saturated heterocycles. The van der Waals surface area contributed by atoms with E-state index in [1.54, 1.807) is 11.1 Å². The molecular weight excluding hydrogens is 402 g/mol. The Hall–Kier alpha value is -3.22. The highest BCUT2D eigenvalue weighted by atomic mass is 16.2. The molecule has 1 unspecified atom stereocenters. The normalized spacial score (nSPS) is 19.1. The van der Waals surface area contributed by atoms with E-state index in [-0.39, 0.29) is 17.9 Å². The van der Waals surface area contributed by atoms with E-state index in [4.69, 9.17) is 4.98 Å². The maximum Gasteiger partial charge on any atom is 0.252 e. The van der Waals surface area contributed by atoms with E-state index in [2.05, 4.69) is 24.3 Å². The number of hydrogen-bond donors (Lipinski definition) is 1. The third-order valence-electron chi connectivity index (χ3n) is 6.41. The monoisotopic (exact) mass is 431 g/mol. The molecule has 1 aromatic carbocycles. The zero-order valence-corrected chi connectivity index (χ0v) is 18.8. The van der Waals surface area contributed by atoms with Crippen molar-refractivity contribution in [3.8, 4) is 0 Å². The predicted molar refractivity (Wildman–Crippen MR) is 124 cm³/mol. The first kappa shape index (κ1) is 20.7. The number of nitrogens with zero attached hydrogens (tertiary/aromatic N) is 4. The van der Waals surface area contributed by atoms with Crippen molar-refractivity contribution in [3.63, 3.8) is 0 Å². The molecular formula is C25H29N5O2. The minimum absolute atomic E-state index is 0.0564. The number of carbonyl (C=O) groups excluding carboxylic acids is 2. The molecule has 1 aliphatic heterocycles. The van der Waals surface area contributed by atoms with E-state index in [1.165, 1.54) is 0 Å². The minimum atomic E-state index is -0.537. The SMILES string of the molecule is Cc1ccc(N2CCCC(NC(=O)c3cc(C4CC4)nc4c3cnn4C(C)C)C2=O)cc1. The summed E-state index contributed by atoms with van der Waals surface area (Å²) >= 11 is 0. The maximum absolute atomic E-state index is 13.4. The molecule has 0 spiro atoms. The van der Waals surface area contributed by atoms with Gasteiger partial charge in [-0.1, -0.05) is 17.7 Å². The van der Waals surface area contributed by atoms with Gasteiger partial charge in [0.25, 0.3) is 5.91 Å². The largest absolute Gasteiger partial charge is 0.340 e. The molecule has 0 radical (unpaired) electrons. The van der Waals surface area contributed by atoms with Crippen molar-refractivity contribution in [3.05, 3.63) is 53.3 Å². The van der Waals surface area contributed by atoms with E-state index in [0.717, 1.165) is 47.2 Å². The zero-order valence-electron chi connectivity index (χ0n) is 18.8. The molecule has 0 bridgehead atoms. The Bertz CT molecular complexity index is 1180. The Balaban J connectivity index is 1.43. The van der Waals surface area contributed by atoms with E-state index in [0.29, 0.717) is 24.4 Å². The number of hydrogen-bond acceptors (Lipinski definition) is 4. The van der Waals surface area contributed by atoms with Crippen molar-refractivity contribution in [1.82, 2.24) is 20.1 Å². The van der Waals surface area contributed by atoms with Crippen LogP contribution >= 0.6 is 0 Å². The molecule has 7 nitrogen and oxygen atoms in total. The Kier molecular flexibility index (Phi) is 5.19. The van der Waals surface area contributed by atoms with Crippen molar-refractivity contribution in [1.29, 1.82) is 0 Å². The van der Waals surface area contributed by atoms with Crippen LogP contribution in [-0.2, 0) is 4.79 Å². The van der Waals surface area contributed by atoms with Crippen LogP contribution in [0, 0.1) is 6.92 Å². The minimum Gasteiger partial charge on any atom is -0.340 e. The van der Waals surface area contributed by atoms with Gasteiger partial charge in [-0.3, -0.25) is 9.59 Å². The smallest absolute Gasteiger partial charge is 0.252 e. The summed E-state index contributed by atoms with van der Waals surface area (Å²) in [7, 11) is 0. The fourth-order valence-electron chi connectivity index (χ4n) is 4.42. The standard InChI is InChI=1S/C25H29N5O2/c1-15(2)30-23-20(14-26-30)19(13-22(27-23)17-8-9-17)24(31)28-21-5-4-12-29(25(21)32)18-10-6-16(3)7-11-18/h6-7,10-11,13-15,17,21H,4-5,8-9,12H2,1-3H3,(H,28,31). The summed E-state index contributed by atoms with van der Waals surface area (Å²) in [5.74, 6) is 0.126. The van der Waals surface area contributed by atoms with Crippen LogP contribution in [0.1, 0.15) is 73.1 Å². The Morgan fingerprint density at radius 3 is 2.59 bits per heavy atom. The third-order valence-corrected chi connectivity index (χ3v) is 6.41. The van der Waals surface area contributed by atoms with Gasteiger partial charge >= 0.3 is 0 Å². The molecule has 32 heavy (non-hydrogen) atoms. The first-order valence-electron chi connectivity index (χ1n) is 11.5. The van der Waals surface area contributed by atoms with Crippen LogP contribution < -0.4 is 10.2 Å². The topological polar surface area (TPSA) is 80.1 Å². The van der Waals surface area contributed by atoms with Crippen LogP contribution in [0.15, 0.2) is 36.5 Å². The third kappa shape index (κ3) is 3.76. The van der Waals surface area contributed by atoms with E-state index in [1.807, 2.05) is 41.9 Å². The number of fused-ring (bicyclic) bond motifs is 1. The Morgan fingerprint density at radius 2 is 1.91 bits per heavy atom. The molecule has 3 heterocycles. The first-order chi connectivity index (χ1) is 15.4. The van der Waals surface area contributed by atoms with E-state index < -0.39 is 6.04 Å². The van der Waals surface area contributed by atoms with Crippen molar-refractivity contribution in [2.45, 2.75) is 64.5 Å². The highest BCUT2D eigenvalue weighted by molar-refractivity contribution is 6.08. The summed E-state index contributed by atoms with van der Waals surface area (Å²) in [6, 6.07) is 9.44. The molecule has 1 saturated carbocycles. The van der Waals surface area contributed by atoms with Gasteiger partial charge in [-0.25, -0.2) is 9.67 Å². The summed E-state index contributed by atoms with van der Waals surface area (Å²) in [5.41, 5.74) is 4.27. The molecule has 1 atom stereocenters. The van der Waals surface area contributed by atoms with Gasteiger partial charge in [-0.2, -0.15) is 5.10 Å². The number of rotatable bonds is 5. The van der Waals surface area contributed by atoms with Crippen molar-refractivity contribution >= 4 is 28.5 Å². The number of anilines is 1. The number of amides is 2. The van der Waals surface area contributed by atoms with Gasteiger partial charge in [0, 0.05) is 29.9 Å². The number of benzene rings is 1. The quantitative estimate of drug-likeness (QED) is 0.659. The van der Waals surface area contributed by atoms with Gasteiger partial charge in [-0.05, 0) is 64.7 Å². The van der Waals surface area contributed by atoms with Gasteiger partial charge in [0.1, 0.15) is 6.04 Å². The zero-order chi connectivity index (χ0) is 22.4. The summed E-state index contributed by atoms with van der Waals surface area (Å²) in [4.78, 5) is 33.2. The van der Waals surface area contributed by atoms with Crippen LogP contribution in [0.2, 0.25) is 0 Å². The molecule has 5 rings (SSSR count). The molecule has 1 aliphatic carbocycles. The lowest BCUT2D eigenvalue weighted by Crippen LogP contribution is -2.52. The van der Waals surface area contributed by atoms with Crippen LogP contribution in [-0.4, -0.2) is 39.2 Å². The summed E-state index contributed by atoms with van der Waals surface area (Å²) in [5, 5.41) is 8.23. The molecule has 1 N–H and O–H groups in total. The first-order valence-corrected chi connectivity index (χ1v) is 11.5. The van der Waals surface area contributed by atoms with E-state index in [9.17, 15) is 9.59 Å². The molecule has 2 amide bonds. The average molecular weight is 432 g/mol. The van der Waals surface area contributed by atoms with Crippen molar-refractivity contribution in [2.24, 2.45) is 0 Å². The Morgan fingerprint density at radius 1 is 1.16 bits per heavy atom.